The van der Waals surface area contributed by atoms with Crippen LogP contribution in [0.4, 0.5) is 0 Å². The molecule has 0 amide bonds. The third kappa shape index (κ3) is 4.24. The highest BCUT2D eigenvalue weighted by molar-refractivity contribution is 6.33. The third-order valence-corrected chi connectivity index (χ3v) is 3.72. The van der Waals surface area contributed by atoms with Gasteiger partial charge >= 0.3 is 0 Å². The van der Waals surface area contributed by atoms with Crippen LogP contribution in [0.25, 0.3) is 0 Å². The lowest BCUT2D eigenvalue weighted by Gasteiger charge is -2.11. The minimum Gasteiger partial charge on any atom is -0.388 e. The molecule has 0 heterocycles. The summed E-state index contributed by atoms with van der Waals surface area (Å²) >= 11 is 12.1. The molecule has 0 aliphatic rings. The molecule has 0 aliphatic heterocycles. The molecule has 19 heavy (non-hydrogen) atoms. The quantitative estimate of drug-likeness (QED) is 0.818. The van der Waals surface area contributed by atoms with Crippen LogP contribution in [-0.4, -0.2) is 5.11 Å². The second kappa shape index (κ2) is 6.95. The number of hydrogen-bond donors (Lipinski definition) is 1. The van der Waals surface area contributed by atoms with Crippen molar-refractivity contribution in [2.75, 3.05) is 0 Å². The fourth-order valence-corrected chi connectivity index (χ4v) is 2.47. The Morgan fingerprint density at radius 3 is 2.47 bits per heavy atom. The molecule has 1 unspecified atom stereocenters. The first-order valence-corrected chi connectivity index (χ1v) is 7.09. The van der Waals surface area contributed by atoms with E-state index in [1.54, 1.807) is 6.07 Å². The van der Waals surface area contributed by atoms with Gasteiger partial charge in [-0.3, -0.25) is 0 Å². The summed E-state index contributed by atoms with van der Waals surface area (Å²) in [6, 6.07) is 15.2. The van der Waals surface area contributed by atoms with E-state index in [0.717, 1.165) is 29.0 Å². The predicted octanol–water partition coefficient (Wildman–Crippen LogP) is 5.05. The highest BCUT2D eigenvalue weighted by Crippen LogP contribution is 2.24. The lowest BCUT2D eigenvalue weighted by Crippen LogP contribution is -1.98. The van der Waals surface area contributed by atoms with Gasteiger partial charge in [0, 0.05) is 10.0 Å². The first kappa shape index (κ1) is 14.4. The Kier molecular flexibility index (Phi) is 5.26. The average Bonchev–Trinajstić information content (AvgIpc) is 2.43. The normalized spacial score (nSPS) is 12.4. The third-order valence-electron chi connectivity index (χ3n) is 3.12. The van der Waals surface area contributed by atoms with Crippen LogP contribution in [0.15, 0.2) is 48.5 Å². The number of aryl methyl sites for hydroxylation is 1. The first-order chi connectivity index (χ1) is 9.16. The minimum absolute atomic E-state index is 0.417. The molecule has 0 fully saturated rings. The molecule has 100 valence electrons. The van der Waals surface area contributed by atoms with Gasteiger partial charge in [-0.05, 0) is 48.6 Å². The summed E-state index contributed by atoms with van der Waals surface area (Å²) in [6.45, 7) is 0. The van der Waals surface area contributed by atoms with Crippen molar-refractivity contribution in [1.29, 1.82) is 0 Å². The fraction of sp³-hybridized carbons (Fsp3) is 0.250. The zero-order valence-corrected chi connectivity index (χ0v) is 12.0. The van der Waals surface area contributed by atoms with Gasteiger partial charge < -0.3 is 5.11 Å². The maximum absolute atomic E-state index is 10.1. The number of rotatable bonds is 5. The predicted molar refractivity (Wildman–Crippen MR) is 80.8 cm³/mol. The van der Waals surface area contributed by atoms with E-state index in [1.807, 2.05) is 42.5 Å². The average molecular weight is 295 g/mol. The highest BCUT2D eigenvalue weighted by atomic mass is 35.5. The second-order valence-electron chi connectivity index (χ2n) is 4.55. The smallest absolute Gasteiger partial charge is 0.0790 e. The summed E-state index contributed by atoms with van der Waals surface area (Å²) in [5.41, 5.74) is 1.99. The molecule has 0 saturated carbocycles. The van der Waals surface area contributed by atoms with Crippen LogP contribution in [0.2, 0.25) is 10.0 Å². The maximum Gasteiger partial charge on any atom is 0.0790 e. The Morgan fingerprint density at radius 1 is 1.00 bits per heavy atom. The van der Waals surface area contributed by atoms with Crippen LogP contribution < -0.4 is 0 Å². The summed E-state index contributed by atoms with van der Waals surface area (Å²) in [6.07, 6.45) is 1.99. The highest BCUT2D eigenvalue weighted by Gasteiger charge is 2.07. The lowest BCUT2D eigenvalue weighted by molar-refractivity contribution is 0.164. The van der Waals surface area contributed by atoms with Crippen molar-refractivity contribution >= 4 is 23.2 Å². The molecule has 0 spiro atoms. The summed E-state index contributed by atoms with van der Waals surface area (Å²) in [5, 5.41) is 11.5. The van der Waals surface area contributed by atoms with E-state index in [9.17, 15) is 5.11 Å². The molecule has 0 bridgehead atoms. The Labute approximate surface area is 123 Å². The molecule has 1 atom stereocenters. The molecular formula is C16H16Cl2O. The summed E-state index contributed by atoms with van der Waals surface area (Å²) in [5.74, 6) is 0. The molecule has 1 nitrogen and oxygen atoms in total. The number of aliphatic hydroxyl groups is 1. The monoisotopic (exact) mass is 294 g/mol. The molecule has 0 aliphatic carbocycles. The molecule has 1 N–H and O–H groups in total. The number of aliphatic hydroxyl groups excluding tert-OH is 1. The SMILES string of the molecule is OC(CCCc1cc(Cl)ccc1Cl)c1ccccc1. The van der Waals surface area contributed by atoms with Gasteiger partial charge in [0.1, 0.15) is 0 Å². The van der Waals surface area contributed by atoms with E-state index >= 15 is 0 Å². The second-order valence-corrected chi connectivity index (χ2v) is 5.40. The van der Waals surface area contributed by atoms with E-state index in [2.05, 4.69) is 0 Å². The molecular weight excluding hydrogens is 279 g/mol. The van der Waals surface area contributed by atoms with Crippen LogP contribution in [-0.2, 0) is 6.42 Å². The van der Waals surface area contributed by atoms with Crippen molar-refractivity contribution < 1.29 is 5.11 Å². The van der Waals surface area contributed by atoms with Crippen molar-refractivity contribution in [2.24, 2.45) is 0 Å². The van der Waals surface area contributed by atoms with Gasteiger partial charge in [0.15, 0.2) is 0 Å². The number of hydrogen-bond acceptors (Lipinski definition) is 1. The molecule has 2 aromatic carbocycles. The van der Waals surface area contributed by atoms with Crippen LogP contribution >= 0.6 is 23.2 Å². The number of benzene rings is 2. The molecule has 2 aromatic rings. The Morgan fingerprint density at radius 2 is 1.74 bits per heavy atom. The lowest BCUT2D eigenvalue weighted by atomic mass is 10.0. The largest absolute Gasteiger partial charge is 0.388 e. The molecule has 0 saturated heterocycles. The van der Waals surface area contributed by atoms with Gasteiger partial charge in [-0.15, -0.1) is 0 Å². The molecule has 0 aromatic heterocycles. The fourth-order valence-electron chi connectivity index (χ4n) is 2.06. The van der Waals surface area contributed by atoms with Crippen molar-refractivity contribution in [3.05, 3.63) is 69.7 Å². The van der Waals surface area contributed by atoms with Crippen LogP contribution in [0, 0.1) is 0 Å². The Balaban J connectivity index is 1.88. The maximum atomic E-state index is 10.1. The molecule has 3 heteroatoms. The van der Waals surface area contributed by atoms with Gasteiger partial charge in [0.25, 0.3) is 0 Å². The van der Waals surface area contributed by atoms with E-state index < -0.39 is 6.10 Å². The van der Waals surface area contributed by atoms with Crippen molar-refractivity contribution in [2.45, 2.75) is 25.4 Å². The van der Waals surface area contributed by atoms with Gasteiger partial charge in [0.05, 0.1) is 6.10 Å². The number of halogens is 2. The van der Waals surface area contributed by atoms with Crippen LogP contribution in [0.5, 0.6) is 0 Å². The van der Waals surface area contributed by atoms with Gasteiger partial charge in [-0.1, -0.05) is 53.5 Å². The minimum atomic E-state index is -0.417. The Bertz CT molecular complexity index is 526. The van der Waals surface area contributed by atoms with Crippen molar-refractivity contribution in [1.82, 2.24) is 0 Å². The Hall–Kier alpha value is -1.02. The summed E-state index contributed by atoms with van der Waals surface area (Å²) in [4.78, 5) is 0. The van der Waals surface area contributed by atoms with E-state index in [-0.39, 0.29) is 0 Å². The van der Waals surface area contributed by atoms with E-state index in [1.165, 1.54) is 0 Å². The van der Waals surface area contributed by atoms with Gasteiger partial charge in [-0.2, -0.15) is 0 Å². The van der Waals surface area contributed by atoms with Crippen LogP contribution in [0.1, 0.15) is 30.1 Å². The summed E-state index contributed by atoms with van der Waals surface area (Å²) < 4.78 is 0. The first-order valence-electron chi connectivity index (χ1n) is 6.34. The van der Waals surface area contributed by atoms with Crippen molar-refractivity contribution in [3.8, 4) is 0 Å². The van der Waals surface area contributed by atoms with Crippen LogP contribution in [0.3, 0.4) is 0 Å². The van der Waals surface area contributed by atoms with E-state index in [4.69, 9.17) is 23.2 Å². The zero-order valence-electron chi connectivity index (χ0n) is 10.5. The van der Waals surface area contributed by atoms with Crippen molar-refractivity contribution in [3.63, 3.8) is 0 Å². The molecule has 2 rings (SSSR count). The topological polar surface area (TPSA) is 20.2 Å². The van der Waals surface area contributed by atoms with Gasteiger partial charge in [0.2, 0.25) is 0 Å². The standard InChI is InChI=1S/C16H16Cl2O/c17-14-9-10-15(18)13(11-14)7-4-8-16(19)12-5-2-1-3-6-12/h1-3,5-6,9-11,16,19H,4,7-8H2. The summed E-state index contributed by atoms with van der Waals surface area (Å²) in [7, 11) is 0. The van der Waals surface area contributed by atoms with E-state index in [0.29, 0.717) is 11.4 Å². The molecule has 0 radical (unpaired) electrons. The van der Waals surface area contributed by atoms with Gasteiger partial charge in [-0.25, -0.2) is 0 Å². The zero-order chi connectivity index (χ0) is 13.7.